The van der Waals surface area contributed by atoms with Gasteiger partial charge in [0.25, 0.3) is 0 Å². The Morgan fingerprint density at radius 3 is 2.16 bits per heavy atom. The number of nitrogens with zero attached hydrogens (tertiary/aromatic N) is 1. The van der Waals surface area contributed by atoms with Gasteiger partial charge in [-0.3, -0.25) is 9.59 Å². The Kier molecular flexibility index (Phi) is 10.5. The standard InChI is InChI=1S/C16H31NO2/c1-5-6-10-13-17(4)16(19)12-9-7-8-11-15(18)14(2)3/h14H,5-13H2,1-4H3. The van der Waals surface area contributed by atoms with Crippen LogP contribution >= 0.6 is 0 Å². The molecule has 0 atom stereocenters. The quantitative estimate of drug-likeness (QED) is 0.535. The van der Waals surface area contributed by atoms with Crippen molar-refractivity contribution in [1.82, 2.24) is 4.90 Å². The van der Waals surface area contributed by atoms with E-state index in [1.807, 2.05) is 25.8 Å². The van der Waals surface area contributed by atoms with Crippen molar-refractivity contribution < 1.29 is 9.59 Å². The monoisotopic (exact) mass is 269 g/mol. The molecule has 19 heavy (non-hydrogen) atoms. The Morgan fingerprint density at radius 2 is 1.58 bits per heavy atom. The van der Waals surface area contributed by atoms with Gasteiger partial charge in [-0.2, -0.15) is 0 Å². The number of hydrogen-bond donors (Lipinski definition) is 0. The summed E-state index contributed by atoms with van der Waals surface area (Å²) >= 11 is 0. The number of hydrogen-bond acceptors (Lipinski definition) is 2. The number of unbranched alkanes of at least 4 members (excludes halogenated alkanes) is 4. The molecule has 0 aliphatic heterocycles. The average molecular weight is 269 g/mol. The molecule has 0 rings (SSSR count). The van der Waals surface area contributed by atoms with Crippen LogP contribution < -0.4 is 0 Å². The summed E-state index contributed by atoms with van der Waals surface area (Å²) in [5.74, 6) is 0.723. The van der Waals surface area contributed by atoms with Gasteiger partial charge in [0.15, 0.2) is 0 Å². The molecule has 0 aliphatic carbocycles. The molecule has 0 aromatic heterocycles. The van der Waals surface area contributed by atoms with Gasteiger partial charge < -0.3 is 4.90 Å². The van der Waals surface area contributed by atoms with Crippen LogP contribution in [0, 0.1) is 5.92 Å². The fourth-order valence-electron chi connectivity index (χ4n) is 1.96. The largest absolute Gasteiger partial charge is 0.346 e. The summed E-state index contributed by atoms with van der Waals surface area (Å²) in [7, 11) is 1.89. The molecule has 0 bridgehead atoms. The summed E-state index contributed by atoms with van der Waals surface area (Å²) in [6.45, 7) is 6.92. The Balaban J connectivity index is 3.55. The third-order valence-corrected chi connectivity index (χ3v) is 3.48. The van der Waals surface area contributed by atoms with E-state index in [1.165, 1.54) is 12.8 Å². The number of carbonyl (C=O) groups excluding carboxylic acids is 2. The molecule has 0 N–H and O–H groups in total. The molecule has 0 saturated carbocycles. The highest BCUT2D eigenvalue weighted by Gasteiger charge is 2.09. The van der Waals surface area contributed by atoms with E-state index in [2.05, 4.69) is 6.92 Å². The molecule has 0 aromatic rings. The van der Waals surface area contributed by atoms with Crippen LogP contribution in [0.5, 0.6) is 0 Å². The van der Waals surface area contributed by atoms with E-state index in [4.69, 9.17) is 0 Å². The summed E-state index contributed by atoms with van der Waals surface area (Å²) in [5.41, 5.74) is 0. The van der Waals surface area contributed by atoms with Crippen LogP contribution in [0.15, 0.2) is 0 Å². The van der Waals surface area contributed by atoms with E-state index in [0.717, 1.165) is 32.2 Å². The van der Waals surface area contributed by atoms with Crippen molar-refractivity contribution in [3.8, 4) is 0 Å². The topological polar surface area (TPSA) is 37.4 Å². The summed E-state index contributed by atoms with van der Waals surface area (Å²) < 4.78 is 0. The summed E-state index contributed by atoms with van der Waals surface area (Å²) in [5, 5.41) is 0. The lowest BCUT2D eigenvalue weighted by molar-refractivity contribution is -0.130. The first-order chi connectivity index (χ1) is 8.99. The smallest absolute Gasteiger partial charge is 0.222 e. The second-order valence-corrected chi connectivity index (χ2v) is 5.70. The number of ketones is 1. The molecule has 112 valence electrons. The predicted octanol–water partition coefficient (Wildman–Crippen LogP) is 3.81. The van der Waals surface area contributed by atoms with Gasteiger partial charge in [-0.25, -0.2) is 0 Å². The highest BCUT2D eigenvalue weighted by molar-refractivity contribution is 5.80. The maximum atomic E-state index is 11.8. The van der Waals surface area contributed by atoms with Crippen molar-refractivity contribution in [3.05, 3.63) is 0 Å². The highest BCUT2D eigenvalue weighted by Crippen LogP contribution is 2.09. The summed E-state index contributed by atoms with van der Waals surface area (Å²) in [6, 6.07) is 0. The van der Waals surface area contributed by atoms with E-state index in [1.54, 1.807) is 0 Å². The zero-order chi connectivity index (χ0) is 14.7. The lowest BCUT2D eigenvalue weighted by Gasteiger charge is -2.16. The molecule has 0 aromatic carbocycles. The Hall–Kier alpha value is -0.860. The zero-order valence-electron chi connectivity index (χ0n) is 13.2. The molecular formula is C16H31NO2. The van der Waals surface area contributed by atoms with Gasteiger partial charge in [-0.1, -0.05) is 40.0 Å². The van der Waals surface area contributed by atoms with Gasteiger partial charge in [-0.15, -0.1) is 0 Å². The van der Waals surface area contributed by atoms with E-state index in [0.29, 0.717) is 18.6 Å². The van der Waals surface area contributed by atoms with Crippen molar-refractivity contribution in [1.29, 1.82) is 0 Å². The van der Waals surface area contributed by atoms with Gasteiger partial charge >= 0.3 is 0 Å². The molecule has 3 heteroatoms. The van der Waals surface area contributed by atoms with Crippen molar-refractivity contribution in [2.75, 3.05) is 13.6 Å². The van der Waals surface area contributed by atoms with Crippen LogP contribution in [0.25, 0.3) is 0 Å². The molecule has 1 amide bonds. The van der Waals surface area contributed by atoms with Crippen LogP contribution in [-0.4, -0.2) is 30.2 Å². The minimum absolute atomic E-state index is 0.145. The third kappa shape index (κ3) is 9.69. The van der Waals surface area contributed by atoms with Gasteiger partial charge in [0.2, 0.25) is 5.91 Å². The Morgan fingerprint density at radius 1 is 0.947 bits per heavy atom. The molecule has 0 unspecified atom stereocenters. The van der Waals surface area contributed by atoms with Crippen molar-refractivity contribution in [2.45, 2.75) is 72.1 Å². The Bertz CT molecular complexity index is 261. The van der Waals surface area contributed by atoms with Crippen LogP contribution in [-0.2, 0) is 9.59 Å². The van der Waals surface area contributed by atoms with E-state index in [9.17, 15) is 9.59 Å². The first-order valence-electron chi connectivity index (χ1n) is 7.75. The summed E-state index contributed by atoms with van der Waals surface area (Å²) in [6.07, 6.45) is 7.57. The molecule has 0 saturated heterocycles. The number of amides is 1. The molecule has 0 spiro atoms. The third-order valence-electron chi connectivity index (χ3n) is 3.48. The van der Waals surface area contributed by atoms with E-state index >= 15 is 0 Å². The van der Waals surface area contributed by atoms with Crippen LogP contribution in [0.2, 0.25) is 0 Å². The van der Waals surface area contributed by atoms with Crippen LogP contribution in [0.1, 0.15) is 72.1 Å². The van der Waals surface area contributed by atoms with Gasteiger partial charge in [0.05, 0.1) is 0 Å². The molecule has 0 aliphatic rings. The molecule has 3 nitrogen and oxygen atoms in total. The first kappa shape index (κ1) is 18.1. The van der Waals surface area contributed by atoms with E-state index in [-0.39, 0.29) is 11.8 Å². The van der Waals surface area contributed by atoms with Gasteiger partial charge in [-0.05, 0) is 19.3 Å². The van der Waals surface area contributed by atoms with Gasteiger partial charge in [0.1, 0.15) is 5.78 Å². The van der Waals surface area contributed by atoms with E-state index < -0.39 is 0 Å². The number of carbonyl (C=O) groups is 2. The summed E-state index contributed by atoms with van der Waals surface area (Å²) in [4.78, 5) is 25.1. The van der Waals surface area contributed by atoms with Crippen LogP contribution in [0.3, 0.4) is 0 Å². The maximum absolute atomic E-state index is 11.8. The average Bonchev–Trinajstić information content (AvgIpc) is 2.37. The van der Waals surface area contributed by atoms with Gasteiger partial charge in [0, 0.05) is 32.4 Å². The zero-order valence-corrected chi connectivity index (χ0v) is 13.2. The lowest BCUT2D eigenvalue weighted by atomic mass is 10.0. The Labute approximate surface area is 118 Å². The second kappa shape index (κ2) is 11.0. The maximum Gasteiger partial charge on any atom is 0.222 e. The molecular weight excluding hydrogens is 238 g/mol. The molecule has 0 radical (unpaired) electrons. The highest BCUT2D eigenvalue weighted by atomic mass is 16.2. The second-order valence-electron chi connectivity index (χ2n) is 5.70. The molecule has 0 fully saturated rings. The fourth-order valence-corrected chi connectivity index (χ4v) is 1.96. The normalized spacial score (nSPS) is 10.8. The fraction of sp³-hybridized carbons (Fsp3) is 0.875. The number of rotatable bonds is 11. The minimum atomic E-state index is 0.145. The van der Waals surface area contributed by atoms with Crippen molar-refractivity contribution >= 4 is 11.7 Å². The SMILES string of the molecule is CCCCCN(C)C(=O)CCCCCC(=O)C(C)C. The first-order valence-corrected chi connectivity index (χ1v) is 7.75. The minimum Gasteiger partial charge on any atom is -0.346 e. The predicted molar refractivity (Wildman–Crippen MR) is 80.1 cm³/mol. The number of Topliss-reactive ketones (excluding diaryl/α,β-unsaturated/α-hetero) is 1. The van der Waals surface area contributed by atoms with Crippen LogP contribution in [0.4, 0.5) is 0 Å². The van der Waals surface area contributed by atoms with Crippen molar-refractivity contribution in [3.63, 3.8) is 0 Å². The molecule has 0 heterocycles. The van der Waals surface area contributed by atoms with Crippen molar-refractivity contribution in [2.24, 2.45) is 5.92 Å². The lowest BCUT2D eigenvalue weighted by Crippen LogP contribution is -2.27.